The van der Waals surface area contributed by atoms with E-state index in [9.17, 15) is 14.4 Å². The third-order valence-electron chi connectivity index (χ3n) is 3.12. The fourth-order valence-corrected chi connectivity index (χ4v) is 2.43. The van der Waals surface area contributed by atoms with Crippen molar-refractivity contribution in [2.45, 2.75) is 32.6 Å². The lowest BCUT2D eigenvalue weighted by molar-refractivity contribution is -0.145. The lowest BCUT2D eigenvalue weighted by Crippen LogP contribution is -2.42. The lowest BCUT2D eigenvalue weighted by atomic mass is 10.1. The number of urea groups is 1. The highest BCUT2D eigenvalue weighted by molar-refractivity contribution is 8.00. The van der Waals surface area contributed by atoms with Crippen molar-refractivity contribution in [1.82, 2.24) is 10.6 Å². The van der Waals surface area contributed by atoms with Gasteiger partial charge in [0.05, 0.1) is 5.75 Å². The number of imide groups is 1. The molecule has 3 amide bonds. The van der Waals surface area contributed by atoms with E-state index in [2.05, 4.69) is 10.6 Å². The van der Waals surface area contributed by atoms with E-state index in [-0.39, 0.29) is 11.7 Å². The third kappa shape index (κ3) is 8.01. The van der Waals surface area contributed by atoms with Crippen LogP contribution in [0.1, 0.15) is 25.0 Å². The van der Waals surface area contributed by atoms with Crippen molar-refractivity contribution in [1.29, 1.82) is 0 Å². The Morgan fingerprint density at radius 3 is 2.50 bits per heavy atom. The monoisotopic (exact) mass is 352 g/mol. The summed E-state index contributed by atoms with van der Waals surface area (Å²) in [6, 6.07) is 5.34. The number of amides is 3. The van der Waals surface area contributed by atoms with E-state index in [1.807, 2.05) is 45.9 Å². The van der Waals surface area contributed by atoms with Crippen LogP contribution in [0.5, 0.6) is 0 Å². The molecule has 24 heavy (non-hydrogen) atoms. The molecule has 1 aromatic carbocycles. The van der Waals surface area contributed by atoms with Gasteiger partial charge < -0.3 is 10.1 Å². The van der Waals surface area contributed by atoms with Gasteiger partial charge in [0.2, 0.25) is 0 Å². The molecule has 0 aliphatic carbocycles. The minimum atomic E-state index is -0.652. The first-order chi connectivity index (χ1) is 11.3. The van der Waals surface area contributed by atoms with Crippen molar-refractivity contribution in [3.05, 3.63) is 29.3 Å². The maximum absolute atomic E-state index is 11.6. The van der Waals surface area contributed by atoms with Gasteiger partial charge in [0.25, 0.3) is 5.91 Å². The summed E-state index contributed by atoms with van der Waals surface area (Å²) in [4.78, 5) is 35.5. The van der Waals surface area contributed by atoms with E-state index < -0.39 is 24.5 Å². The molecule has 0 radical (unpaired) electrons. The summed E-state index contributed by atoms with van der Waals surface area (Å²) in [6.07, 6.45) is 0. The summed E-state index contributed by atoms with van der Waals surface area (Å²) < 4.78 is 4.85. The molecule has 0 fully saturated rings. The number of aryl methyl sites for hydroxylation is 2. The van der Waals surface area contributed by atoms with Crippen LogP contribution in [0.3, 0.4) is 0 Å². The number of carbonyl (C=O) groups excluding carboxylic acids is 3. The molecule has 1 rings (SSSR count). The molecule has 0 aliphatic rings. The normalized spacial score (nSPS) is 10.4. The third-order valence-corrected chi connectivity index (χ3v) is 4.09. The molecule has 0 heterocycles. The van der Waals surface area contributed by atoms with Gasteiger partial charge in [-0.2, -0.15) is 0 Å². The van der Waals surface area contributed by atoms with Gasteiger partial charge in [0.15, 0.2) is 6.61 Å². The molecule has 0 aliphatic heterocycles. The number of benzene rings is 1. The Bertz CT molecular complexity index is 602. The van der Waals surface area contributed by atoms with E-state index in [0.29, 0.717) is 6.54 Å². The van der Waals surface area contributed by atoms with Crippen LogP contribution < -0.4 is 10.6 Å². The first-order valence-corrected chi connectivity index (χ1v) is 8.70. The van der Waals surface area contributed by atoms with Gasteiger partial charge >= 0.3 is 12.0 Å². The maximum Gasteiger partial charge on any atom is 0.321 e. The fourth-order valence-electron chi connectivity index (χ4n) is 1.64. The second-order valence-electron chi connectivity index (χ2n) is 5.85. The van der Waals surface area contributed by atoms with Gasteiger partial charge in [-0.15, -0.1) is 11.8 Å². The largest absolute Gasteiger partial charge is 0.455 e. The highest BCUT2D eigenvalue weighted by Crippen LogP contribution is 2.21. The van der Waals surface area contributed by atoms with Crippen molar-refractivity contribution in [2.75, 3.05) is 18.9 Å². The van der Waals surface area contributed by atoms with Gasteiger partial charge in [-0.05, 0) is 43.0 Å². The molecule has 2 N–H and O–H groups in total. The van der Waals surface area contributed by atoms with Gasteiger partial charge in [-0.3, -0.25) is 14.9 Å². The predicted octanol–water partition coefficient (Wildman–Crippen LogP) is 2.42. The Kier molecular flexibility index (Phi) is 8.32. The highest BCUT2D eigenvalue weighted by Gasteiger charge is 2.11. The zero-order valence-corrected chi connectivity index (χ0v) is 15.3. The second-order valence-corrected chi connectivity index (χ2v) is 6.90. The first-order valence-electron chi connectivity index (χ1n) is 7.71. The van der Waals surface area contributed by atoms with Gasteiger partial charge in [-0.25, -0.2) is 4.79 Å². The minimum Gasteiger partial charge on any atom is -0.455 e. The van der Waals surface area contributed by atoms with Gasteiger partial charge in [0.1, 0.15) is 0 Å². The van der Waals surface area contributed by atoms with Gasteiger partial charge in [-0.1, -0.05) is 19.9 Å². The Hall–Kier alpha value is -2.02. The molecule has 132 valence electrons. The zero-order valence-electron chi connectivity index (χ0n) is 14.5. The van der Waals surface area contributed by atoms with Gasteiger partial charge in [0, 0.05) is 11.4 Å². The molecule has 6 nitrogen and oxygen atoms in total. The average Bonchev–Trinajstić information content (AvgIpc) is 2.52. The Morgan fingerprint density at radius 1 is 1.17 bits per heavy atom. The molecular weight excluding hydrogens is 328 g/mol. The summed E-state index contributed by atoms with van der Waals surface area (Å²) in [7, 11) is 0. The van der Waals surface area contributed by atoms with E-state index in [4.69, 9.17) is 4.74 Å². The quantitative estimate of drug-likeness (QED) is 0.581. The predicted molar refractivity (Wildman–Crippen MR) is 94.0 cm³/mol. The van der Waals surface area contributed by atoms with Crippen molar-refractivity contribution in [2.24, 2.45) is 5.92 Å². The summed E-state index contributed by atoms with van der Waals surface area (Å²) >= 11 is 1.34. The maximum atomic E-state index is 11.6. The molecular formula is C17H24N2O4S. The van der Waals surface area contributed by atoms with E-state index >= 15 is 0 Å². The topological polar surface area (TPSA) is 84.5 Å². The van der Waals surface area contributed by atoms with Crippen LogP contribution in [0.25, 0.3) is 0 Å². The van der Waals surface area contributed by atoms with Crippen LogP contribution in [0, 0.1) is 19.8 Å². The Morgan fingerprint density at radius 2 is 1.88 bits per heavy atom. The molecule has 0 saturated heterocycles. The van der Waals surface area contributed by atoms with Crippen LogP contribution in [0.2, 0.25) is 0 Å². The fraction of sp³-hybridized carbons (Fsp3) is 0.471. The molecule has 0 saturated carbocycles. The number of ether oxygens (including phenoxy) is 1. The number of nitrogens with one attached hydrogen (secondary N) is 2. The number of carbonyl (C=O) groups is 3. The second kappa shape index (κ2) is 9.97. The van der Waals surface area contributed by atoms with Crippen molar-refractivity contribution in [3.8, 4) is 0 Å². The molecule has 0 aromatic heterocycles. The van der Waals surface area contributed by atoms with Crippen LogP contribution in [-0.4, -0.2) is 36.8 Å². The van der Waals surface area contributed by atoms with E-state index in [1.54, 1.807) is 0 Å². The Labute approximate surface area is 146 Å². The van der Waals surface area contributed by atoms with Crippen molar-refractivity contribution in [3.63, 3.8) is 0 Å². The van der Waals surface area contributed by atoms with Crippen LogP contribution >= 0.6 is 11.8 Å². The van der Waals surface area contributed by atoms with E-state index in [0.717, 1.165) is 10.5 Å². The average molecular weight is 352 g/mol. The lowest BCUT2D eigenvalue weighted by Gasteiger charge is -2.09. The zero-order chi connectivity index (χ0) is 18.1. The van der Waals surface area contributed by atoms with Crippen molar-refractivity contribution < 1.29 is 19.1 Å². The molecule has 1 aromatic rings. The molecule has 0 atom stereocenters. The number of thioether (sulfide) groups is 1. The number of esters is 1. The minimum absolute atomic E-state index is 0.106. The smallest absolute Gasteiger partial charge is 0.321 e. The summed E-state index contributed by atoms with van der Waals surface area (Å²) in [5, 5.41) is 4.65. The number of hydrogen-bond donors (Lipinski definition) is 2. The van der Waals surface area contributed by atoms with Crippen LogP contribution in [0.15, 0.2) is 23.1 Å². The standard InChI is InChI=1S/C17H24N2O4S/c1-11(2)8-18-17(22)19-15(20)9-23-16(21)10-24-14-6-5-12(3)13(4)7-14/h5-7,11H,8-10H2,1-4H3,(H2,18,19,20,22). The van der Waals surface area contributed by atoms with Crippen molar-refractivity contribution >= 4 is 29.7 Å². The SMILES string of the molecule is Cc1ccc(SCC(=O)OCC(=O)NC(=O)NCC(C)C)cc1C. The Balaban J connectivity index is 2.26. The number of rotatable bonds is 7. The number of hydrogen-bond acceptors (Lipinski definition) is 5. The molecule has 7 heteroatoms. The first kappa shape index (κ1) is 20.0. The van der Waals surface area contributed by atoms with Crippen LogP contribution in [0.4, 0.5) is 4.79 Å². The molecule has 0 spiro atoms. The van der Waals surface area contributed by atoms with Crippen LogP contribution in [-0.2, 0) is 14.3 Å². The summed E-state index contributed by atoms with van der Waals surface area (Å²) in [5.74, 6) is -0.766. The molecule has 0 unspecified atom stereocenters. The van der Waals surface area contributed by atoms with E-state index in [1.165, 1.54) is 17.3 Å². The summed E-state index contributed by atoms with van der Waals surface area (Å²) in [6.45, 7) is 7.90. The molecule has 0 bridgehead atoms. The highest BCUT2D eigenvalue weighted by atomic mass is 32.2. The summed E-state index contributed by atoms with van der Waals surface area (Å²) in [5.41, 5.74) is 2.34.